The van der Waals surface area contributed by atoms with Gasteiger partial charge in [0.05, 0.1) is 16.9 Å². The van der Waals surface area contributed by atoms with E-state index in [-0.39, 0.29) is 12.0 Å². The summed E-state index contributed by atoms with van der Waals surface area (Å²) in [6, 6.07) is 84.4. The predicted octanol–water partition coefficient (Wildman–Crippen LogP) is 16.8. The first-order chi connectivity index (χ1) is 34.7. The first-order valence-electron chi connectivity index (χ1n) is 24.9. The molecule has 0 amide bonds. The predicted molar refractivity (Wildman–Crippen MR) is 291 cm³/mol. The average molecular weight is 895 g/mol. The van der Waals surface area contributed by atoms with Gasteiger partial charge in [0.25, 0.3) is 0 Å². The lowest BCUT2D eigenvalue weighted by Gasteiger charge is -2.52. The van der Waals surface area contributed by atoms with Crippen LogP contribution < -0.4 is 4.90 Å². The second-order valence-electron chi connectivity index (χ2n) is 19.4. The highest BCUT2D eigenvalue weighted by Gasteiger charge is 2.58. The minimum Gasteiger partial charge on any atom is -0.333 e. The van der Waals surface area contributed by atoms with Gasteiger partial charge in [0, 0.05) is 38.9 Å². The molecule has 0 fully saturated rings. The van der Waals surface area contributed by atoms with Gasteiger partial charge in [-0.15, -0.1) is 0 Å². The van der Waals surface area contributed by atoms with E-state index < -0.39 is 10.8 Å². The Labute approximate surface area is 410 Å². The van der Waals surface area contributed by atoms with Crippen LogP contribution >= 0.6 is 0 Å². The van der Waals surface area contributed by atoms with E-state index in [0.717, 1.165) is 24.2 Å². The van der Waals surface area contributed by atoms with Crippen LogP contribution in [0.5, 0.6) is 0 Å². The zero-order valence-corrected chi connectivity index (χ0v) is 38.9. The van der Waals surface area contributed by atoms with Crippen molar-refractivity contribution in [1.82, 2.24) is 4.57 Å². The molecule has 0 saturated heterocycles. The van der Waals surface area contributed by atoms with Crippen molar-refractivity contribution in [2.75, 3.05) is 4.90 Å². The molecule has 4 atom stereocenters. The average Bonchev–Trinajstić information content (AvgIpc) is 3.95. The Bertz CT molecular complexity index is 3740. The number of rotatable bonds is 8. The van der Waals surface area contributed by atoms with E-state index in [1.807, 2.05) is 0 Å². The van der Waals surface area contributed by atoms with Crippen molar-refractivity contribution in [3.05, 3.63) is 312 Å². The van der Waals surface area contributed by atoms with Gasteiger partial charge in [-0.05, 0) is 122 Å². The normalized spacial score (nSPS) is 20.5. The summed E-state index contributed by atoms with van der Waals surface area (Å²) in [5.41, 5.74) is 19.5. The number of para-hydroxylation sites is 2. The Hall–Kier alpha value is -8.46. The molecule has 14 rings (SSSR count). The van der Waals surface area contributed by atoms with Crippen molar-refractivity contribution in [2.24, 2.45) is 5.92 Å². The van der Waals surface area contributed by atoms with Gasteiger partial charge in [-0.1, -0.05) is 225 Å². The maximum Gasteiger partial charge on any atom is 0.0719 e. The summed E-state index contributed by atoms with van der Waals surface area (Å²) in [7, 11) is 0. The fourth-order valence-electron chi connectivity index (χ4n) is 13.3. The molecule has 0 N–H and O–H groups in total. The van der Waals surface area contributed by atoms with Gasteiger partial charge < -0.3 is 9.47 Å². The number of benzene rings is 9. The smallest absolute Gasteiger partial charge is 0.0719 e. The summed E-state index contributed by atoms with van der Waals surface area (Å²) in [6.45, 7) is 0. The molecule has 70 heavy (non-hydrogen) atoms. The molecule has 0 radical (unpaired) electrons. The van der Waals surface area contributed by atoms with Crippen molar-refractivity contribution in [3.63, 3.8) is 0 Å². The molecule has 4 aliphatic rings. The van der Waals surface area contributed by atoms with Crippen LogP contribution in [0.3, 0.4) is 0 Å². The largest absolute Gasteiger partial charge is 0.333 e. The Morgan fingerprint density at radius 1 is 0.443 bits per heavy atom. The standard InChI is InChI=1S/C68H50N2/c1-4-20-47(21-5-1)48-38-40-52(41-39-48)69(53-42-44-54(45-43-53)70-64-36-16-11-29-57(64)58-30-12-17-37-65(58)70)55-27-18-26-51(46-55)67(49-22-6-2-7-23-49)61-33-14-15-34-62(61)68(50-24-8-3-9-25-50)60-32-13-10-28-56(60)59-31-19-35-63(67)66(59)68/h1-22,24-44,46,49,54H,23,45H2. The molecule has 0 spiro atoms. The van der Waals surface area contributed by atoms with Gasteiger partial charge >= 0.3 is 0 Å². The van der Waals surface area contributed by atoms with Gasteiger partial charge in [0.2, 0.25) is 0 Å². The van der Waals surface area contributed by atoms with Gasteiger partial charge in [-0.3, -0.25) is 0 Å². The molecule has 2 heteroatoms. The van der Waals surface area contributed by atoms with Crippen molar-refractivity contribution >= 4 is 33.2 Å². The van der Waals surface area contributed by atoms with Crippen LogP contribution in [0, 0.1) is 5.92 Å². The second kappa shape index (κ2) is 16.1. The Morgan fingerprint density at radius 2 is 1.06 bits per heavy atom. The number of hydrogen-bond acceptors (Lipinski definition) is 1. The number of allylic oxidation sites excluding steroid dienone is 7. The third-order valence-corrected chi connectivity index (χ3v) is 16.0. The van der Waals surface area contributed by atoms with Crippen LogP contribution in [0.1, 0.15) is 57.8 Å². The van der Waals surface area contributed by atoms with Gasteiger partial charge in [0.15, 0.2) is 0 Å². The summed E-state index contributed by atoms with van der Waals surface area (Å²) in [6.07, 6.45) is 18.4. The Kier molecular flexibility index (Phi) is 9.32. The van der Waals surface area contributed by atoms with Crippen molar-refractivity contribution in [1.29, 1.82) is 0 Å². The lowest BCUT2D eigenvalue weighted by atomic mass is 9.49. The molecule has 0 saturated carbocycles. The highest BCUT2D eigenvalue weighted by atomic mass is 15.1. The van der Waals surface area contributed by atoms with Crippen LogP contribution in [0.2, 0.25) is 0 Å². The SMILES string of the molecule is C1=CCC(C2(c3cccc(N(C4=CCC(n5c6ccccc6c6ccccc65)C=C4)c4ccc(-c5ccccc5)cc4)c3)c3ccccc3C3(c4ccccc4)c4ccccc4-c4cccc2c43)C=C1. The Morgan fingerprint density at radius 3 is 1.79 bits per heavy atom. The van der Waals surface area contributed by atoms with Crippen LogP contribution in [0.15, 0.2) is 273 Å². The van der Waals surface area contributed by atoms with E-state index in [4.69, 9.17) is 0 Å². The van der Waals surface area contributed by atoms with E-state index >= 15 is 0 Å². The van der Waals surface area contributed by atoms with Crippen molar-refractivity contribution < 1.29 is 0 Å². The molecule has 1 heterocycles. The highest BCUT2D eigenvalue weighted by Crippen LogP contribution is 2.66. The maximum atomic E-state index is 2.54. The zero-order chi connectivity index (χ0) is 46.2. The molecule has 4 aliphatic carbocycles. The molecule has 1 aromatic heterocycles. The first-order valence-corrected chi connectivity index (χ1v) is 24.9. The van der Waals surface area contributed by atoms with Crippen LogP contribution in [0.4, 0.5) is 11.4 Å². The summed E-state index contributed by atoms with van der Waals surface area (Å²) < 4.78 is 2.54. The monoisotopic (exact) mass is 894 g/mol. The third kappa shape index (κ3) is 5.80. The molecule has 0 bridgehead atoms. The summed E-state index contributed by atoms with van der Waals surface area (Å²) in [5, 5.41) is 2.60. The molecule has 10 aromatic rings. The third-order valence-electron chi connectivity index (χ3n) is 16.0. The topological polar surface area (TPSA) is 8.17 Å². The number of anilines is 2. The van der Waals surface area contributed by atoms with Crippen LogP contribution in [-0.2, 0) is 10.8 Å². The van der Waals surface area contributed by atoms with Gasteiger partial charge in [-0.2, -0.15) is 0 Å². The van der Waals surface area contributed by atoms with E-state index in [2.05, 4.69) is 276 Å². The highest BCUT2D eigenvalue weighted by molar-refractivity contribution is 6.08. The van der Waals surface area contributed by atoms with Crippen LogP contribution in [-0.4, -0.2) is 4.57 Å². The van der Waals surface area contributed by atoms with E-state index in [1.165, 1.54) is 88.7 Å². The summed E-state index contributed by atoms with van der Waals surface area (Å²) >= 11 is 0. The Balaban J connectivity index is 0.978. The molecule has 0 aliphatic heterocycles. The number of hydrogen-bond donors (Lipinski definition) is 0. The van der Waals surface area contributed by atoms with E-state index in [0.29, 0.717) is 0 Å². The number of nitrogens with zero attached hydrogens (tertiary/aromatic N) is 2. The maximum absolute atomic E-state index is 2.54. The molecular weight excluding hydrogens is 845 g/mol. The summed E-state index contributed by atoms with van der Waals surface area (Å²) in [5.74, 6) is 0.150. The minimum absolute atomic E-state index is 0.150. The van der Waals surface area contributed by atoms with Gasteiger partial charge in [0.1, 0.15) is 0 Å². The molecular formula is C68H50N2. The van der Waals surface area contributed by atoms with Crippen molar-refractivity contribution in [3.8, 4) is 22.3 Å². The first kappa shape index (κ1) is 40.6. The number of aromatic nitrogens is 1. The second-order valence-corrected chi connectivity index (χ2v) is 19.4. The van der Waals surface area contributed by atoms with E-state index in [1.54, 1.807) is 0 Å². The molecule has 9 aromatic carbocycles. The van der Waals surface area contributed by atoms with E-state index in [9.17, 15) is 0 Å². The summed E-state index contributed by atoms with van der Waals surface area (Å²) in [4.78, 5) is 2.50. The lowest BCUT2D eigenvalue weighted by molar-refractivity contribution is 0.424. The zero-order valence-electron chi connectivity index (χ0n) is 38.9. The van der Waals surface area contributed by atoms with Crippen molar-refractivity contribution in [2.45, 2.75) is 29.7 Å². The fraction of sp³-hybridized carbons (Fsp3) is 0.0882. The fourth-order valence-corrected chi connectivity index (χ4v) is 13.3. The van der Waals surface area contributed by atoms with Crippen LogP contribution in [0.25, 0.3) is 44.1 Å². The molecule has 332 valence electrons. The lowest BCUT2D eigenvalue weighted by Crippen LogP contribution is -2.47. The minimum atomic E-state index is -0.527. The van der Waals surface area contributed by atoms with Gasteiger partial charge in [-0.25, -0.2) is 0 Å². The molecule has 4 unspecified atom stereocenters. The quantitative estimate of drug-likeness (QED) is 0.148. The molecule has 2 nitrogen and oxygen atoms in total. The number of fused-ring (bicyclic) bond motifs is 8.